The van der Waals surface area contributed by atoms with Gasteiger partial charge in [-0.25, -0.2) is 8.42 Å². The van der Waals surface area contributed by atoms with Gasteiger partial charge in [0, 0.05) is 19.6 Å². The molecule has 3 aromatic carbocycles. The summed E-state index contributed by atoms with van der Waals surface area (Å²) in [5.41, 5.74) is 0.789. The van der Waals surface area contributed by atoms with E-state index in [1.54, 1.807) is 38.3 Å². The highest BCUT2D eigenvalue weighted by atomic mass is 32.2. The summed E-state index contributed by atoms with van der Waals surface area (Å²) in [7, 11) is -1.00. The zero-order valence-electron chi connectivity index (χ0n) is 22.0. The van der Waals surface area contributed by atoms with E-state index >= 15 is 0 Å². The maximum Gasteiger partial charge on any atom is 0.243 e. The van der Waals surface area contributed by atoms with E-state index in [9.17, 15) is 18.0 Å². The van der Waals surface area contributed by atoms with E-state index in [2.05, 4.69) is 5.32 Å². The molecule has 0 bridgehead atoms. The minimum Gasteiger partial charge on any atom is -0.497 e. The molecule has 37 heavy (non-hydrogen) atoms. The lowest BCUT2D eigenvalue weighted by Crippen LogP contribution is -2.51. The minimum absolute atomic E-state index is 0.0520. The van der Waals surface area contributed by atoms with E-state index in [-0.39, 0.29) is 23.4 Å². The highest BCUT2D eigenvalue weighted by Crippen LogP contribution is 2.22. The summed E-state index contributed by atoms with van der Waals surface area (Å²) in [4.78, 5) is 27.9. The van der Waals surface area contributed by atoms with Gasteiger partial charge in [0.15, 0.2) is 0 Å². The fourth-order valence-corrected chi connectivity index (χ4v) is 5.01. The average Bonchev–Trinajstić information content (AvgIpc) is 2.90. The molecule has 0 aliphatic carbocycles. The second-order valence-electron chi connectivity index (χ2n) is 9.13. The molecular weight excluding hydrogens is 490 g/mol. The molecule has 0 fully saturated rings. The van der Waals surface area contributed by atoms with Crippen LogP contribution in [0.2, 0.25) is 0 Å². The number of fused-ring (bicyclic) bond motifs is 1. The highest BCUT2D eigenvalue weighted by molar-refractivity contribution is 7.89. The number of nitrogens with zero attached hydrogens (tertiary/aromatic N) is 2. The Hall–Kier alpha value is -3.43. The summed E-state index contributed by atoms with van der Waals surface area (Å²) in [5, 5.41) is 4.63. The van der Waals surface area contributed by atoms with Gasteiger partial charge in [-0.1, -0.05) is 49.4 Å². The molecule has 2 atom stereocenters. The Kier molecular flexibility index (Phi) is 9.29. The maximum atomic E-state index is 13.5. The summed E-state index contributed by atoms with van der Waals surface area (Å²) < 4.78 is 32.9. The average molecular weight is 526 g/mol. The van der Waals surface area contributed by atoms with Crippen LogP contribution in [0.15, 0.2) is 71.6 Å². The molecule has 0 aliphatic rings. The van der Waals surface area contributed by atoms with Crippen LogP contribution in [0.5, 0.6) is 5.75 Å². The highest BCUT2D eigenvalue weighted by Gasteiger charge is 2.30. The van der Waals surface area contributed by atoms with Crippen LogP contribution in [-0.2, 0) is 26.2 Å². The summed E-state index contributed by atoms with van der Waals surface area (Å²) in [5.74, 6) is -0.101. The van der Waals surface area contributed by atoms with Crippen molar-refractivity contribution in [1.29, 1.82) is 0 Å². The number of nitrogens with one attached hydrogen (secondary N) is 1. The van der Waals surface area contributed by atoms with Crippen LogP contribution in [-0.4, -0.2) is 62.2 Å². The molecule has 0 aliphatic heterocycles. The van der Waals surface area contributed by atoms with Crippen LogP contribution in [0.4, 0.5) is 0 Å². The Bertz CT molecular complexity index is 1340. The van der Waals surface area contributed by atoms with Gasteiger partial charge in [-0.05, 0) is 60.9 Å². The van der Waals surface area contributed by atoms with Gasteiger partial charge in [-0.3, -0.25) is 9.59 Å². The van der Waals surface area contributed by atoms with Crippen molar-refractivity contribution in [3.8, 4) is 5.75 Å². The molecule has 0 aromatic heterocycles. The molecular formula is C28H35N3O5S. The number of methoxy groups -OCH3 is 1. The van der Waals surface area contributed by atoms with E-state index in [0.717, 1.165) is 27.1 Å². The molecule has 8 nitrogen and oxygen atoms in total. The summed E-state index contributed by atoms with van der Waals surface area (Å²) >= 11 is 0. The third kappa shape index (κ3) is 6.87. The van der Waals surface area contributed by atoms with Crippen molar-refractivity contribution in [2.24, 2.45) is 0 Å². The Labute approximate surface area is 219 Å². The Morgan fingerprint density at radius 3 is 2.24 bits per heavy atom. The van der Waals surface area contributed by atoms with Crippen molar-refractivity contribution in [2.75, 3.05) is 20.7 Å². The number of rotatable bonds is 11. The van der Waals surface area contributed by atoms with Crippen molar-refractivity contribution in [2.45, 2.75) is 50.7 Å². The van der Waals surface area contributed by atoms with Gasteiger partial charge in [0.25, 0.3) is 0 Å². The standard InChI is InChI=1S/C28H35N3O5S/c1-6-20(2)29-28(33)21(3)31(18-22-11-14-25(36-5)15-12-22)27(32)19-30(4)37(34,35)26-16-13-23-9-7-8-10-24(23)17-26/h7-17,20-21H,6,18-19H2,1-5H3,(H,29,33)/t20-,21-/m0/s1. The van der Waals surface area contributed by atoms with Gasteiger partial charge in [0.2, 0.25) is 21.8 Å². The van der Waals surface area contributed by atoms with E-state index in [1.807, 2.05) is 50.2 Å². The number of likely N-dealkylation sites (N-methyl/N-ethyl adjacent to an activating group) is 1. The third-order valence-electron chi connectivity index (χ3n) is 6.47. The fraction of sp³-hybridized carbons (Fsp3) is 0.357. The lowest BCUT2D eigenvalue weighted by atomic mass is 10.1. The van der Waals surface area contributed by atoms with Gasteiger partial charge < -0.3 is 15.0 Å². The number of hydrogen-bond donors (Lipinski definition) is 1. The monoisotopic (exact) mass is 525 g/mol. The summed E-state index contributed by atoms with van der Waals surface area (Å²) in [6.45, 7) is 5.23. The largest absolute Gasteiger partial charge is 0.497 e. The Morgan fingerprint density at radius 1 is 0.973 bits per heavy atom. The van der Waals surface area contributed by atoms with E-state index in [0.29, 0.717) is 5.75 Å². The number of ether oxygens (including phenoxy) is 1. The molecule has 0 radical (unpaired) electrons. The molecule has 3 rings (SSSR count). The minimum atomic E-state index is -3.94. The van der Waals surface area contributed by atoms with Gasteiger partial charge in [0.1, 0.15) is 11.8 Å². The zero-order chi connectivity index (χ0) is 27.2. The topological polar surface area (TPSA) is 96.0 Å². The first-order chi connectivity index (χ1) is 17.6. The molecule has 0 saturated carbocycles. The maximum absolute atomic E-state index is 13.5. The van der Waals surface area contributed by atoms with E-state index in [1.165, 1.54) is 18.0 Å². The first-order valence-electron chi connectivity index (χ1n) is 12.2. The van der Waals surface area contributed by atoms with Gasteiger partial charge in [-0.15, -0.1) is 0 Å². The number of hydrogen-bond acceptors (Lipinski definition) is 5. The Balaban J connectivity index is 1.84. The van der Waals surface area contributed by atoms with Gasteiger partial charge >= 0.3 is 0 Å². The van der Waals surface area contributed by atoms with Crippen LogP contribution < -0.4 is 10.1 Å². The molecule has 1 N–H and O–H groups in total. The number of carbonyl (C=O) groups is 2. The quantitative estimate of drug-likeness (QED) is 0.411. The second-order valence-corrected chi connectivity index (χ2v) is 11.2. The van der Waals surface area contributed by atoms with Crippen molar-refractivity contribution >= 4 is 32.6 Å². The lowest BCUT2D eigenvalue weighted by Gasteiger charge is -2.31. The molecule has 198 valence electrons. The van der Waals surface area contributed by atoms with E-state index < -0.39 is 28.5 Å². The fourth-order valence-electron chi connectivity index (χ4n) is 3.85. The Morgan fingerprint density at radius 2 is 1.62 bits per heavy atom. The predicted octanol–water partition coefficient (Wildman–Crippen LogP) is 3.80. The number of amides is 2. The van der Waals surface area contributed by atoms with Crippen molar-refractivity contribution in [3.63, 3.8) is 0 Å². The third-order valence-corrected chi connectivity index (χ3v) is 8.27. The molecule has 0 saturated heterocycles. The smallest absolute Gasteiger partial charge is 0.243 e. The van der Waals surface area contributed by atoms with Crippen LogP contribution in [0.25, 0.3) is 10.8 Å². The number of carbonyl (C=O) groups excluding carboxylic acids is 2. The molecule has 3 aromatic rings. The first-order valence-corrected chi connectivity index (χ1v) is 13.7. The van der Waals surface area contributed by atoms with Crippen molar-refractivity contribution < 1.29 is 22.7 Å². The second kappa shape index (κ2) is 12.2. The van der Waals surface area contributed by atoms with Crippen molar-refractivity contribution in [3.05, 3.63) is 72.3 Å². The molecule has 9 heteroatoms. The van der Waals surface area contributed by atoms with Gasteiger partial charge in [-0.2, -0.15) is 4.31 Å². The van der Waals surface area contributed by atoms with Gasteiger partial charge in [0.05, 0.1) is 18.6 Å². The summed E-state index contributed by atoms with van der Waals surface area (Å²) in [6, 6.07) is 18.7. The number of sulfonamides is 1. The molecule has 0 heterocycles. The van der Waals surface area contributed by atoms with Crippen LogP contribution in [0.1, 0.15) is 32.8 Å². The first kappa shape index (κ1) is 28.1. The van der Waals surface area contributed by atoms with Crippen LogP contribution in [0.3, 0.4) is 0 Å². The zero-order valence-corrected chi connectivity index (χ0v) is 22.8. The van der Waals surface area contributed by atoms with E-state index in [4.69, 9.17) is 4.74 Å². The molecule has 0 unspecified atom stereocenters. The van der Waals surface area contributed by atoms with Crippen molar-refractivity contribution in [1.82, 2.24) is 14.5 Å². The lowest BCUT2D eigenvalue weighted by molar-refractivity contribution is -0.140. The number of benzene rings is 3. The normalized spacial score (nSPS) is 13.2. The summed E-state index contributed by atoms with van der Waals surface area (Å²) in [6.07, 6.45) is 0.748. The molecule has 0 spiro atoms. The predicted molar refractivity (Wildman–Crippen MR) is 145 cm³/mol. The van der Waals surface area contributed by atoms with Crippen LogP contribution in [0, 0.1) is 0 Å². The molecule has 2 amide bonds. The SMILES string of the molecule is CC[C@H](C)NC(=O)[C@H](C)N(Cc1ccc(OC)cc1)C(=O)CN(C)S(=O)(=O)c1ccc2ccccc2c1. The van der Waals surface area contributed by atoms with Crippen LogP contribution >= 0.6 is 0 Å².